The highest BCUT2D eigenvalue weighted by Crippen LogP contribution is 2.36. The van der Waals surface area contributed by atoms with Crippen LogP contribution in [-0.2, 0) is 17.1 Å². The van der Waals surface area contributed by atoms with E-state index in [-0.39, 0.29) is 10.6 Å². The third-order valence-corrected chi connectivity index (χ3v) is 5.52. The van der Waals surface area contributed by atoms with Gasteiger partial charge in [0.05, 0.1) is 29.8 Å². The number of imidazole rings is 1. The smallest absolute Gasteiger partial charge is 0.262 e. The van der Waals surface area contributed by atoms with Crippen molar-refractivity contribution in [2.24, 2.45) is 12.8 Å². The van der Waals surface area contributed by atoms with Gasteiger partial charge in [-0.25, -0.2) is 13.4 Å². The molecule has 1 atom stereocenters. The Labute approximate surface area is 127 Å². The van der Waals surface area contributed by atoms with E-state index in [0.717, 1.165) is 0 Å². The largest absolute Gasteiger partial charge is 0.365 e. The Kier molecular flexibility index (Phi) is 3.49. The first-order valence-corrected chi connectivity index (χ1v) is 8.18. The maximum atomic E-state index is 12.7. The molecule has 0 saturated carbocycles. The lowest BCUT2D eigenvalue weighted by Gasteiger charge is -2.22. The summed E-state index contributed by atoms with van der Waals surface area (Å²) in [6.07, 6.45) is 5.49. The van der Waals surface area contributed by atoms with Crippen molar-refractivity contribution < 1.29 is 13.2 Å². The average Bonchev–Trinajstić information content (AvgIpc) is 3.17. The van der Waals surface area contributed by atoms with E-state index in [1.54, 1.807) is 11.6 Å². The highest BCUT2D eigenvalue weighted by Gasteiger charge is 2.39. The van der Waals surface area contributed by atoms with Gasteiger partial charge >= 0.3 is 0 Å². The number of hydrogen-bond donors (Lipinski definition) is 2. The predicted molar refractivity (Wildman–Crippen MR) is 76.2 cm³/mol. The lowest BCUT2D eigenvalue weighted by atomic mass is 10.1. The van der Waals surface area contributed by atoms with Gasteiger partial charge in [0.15, 0.2) is 5.03 Å². The highest BCUT2D eigenvalue weighted by atomic mass is 32.2. The number of sulfonamides is 1. The number of nitrogens with one attached hydrogen (secondary N) is 1. The number of nitrogens with two attached hydrogens (primary N) is 1. The SMILES string of the molecule is Cn1cnc(S(=O)(=O)N2CCCC2c2[nH]ncc2C(N)=O)c1. The van der Waals surface area contributed by atoms with E-state index in [1.807, 2.05) is 0 Å². The number of rotatable bonds is 4. The van der Waals surface area contributed by atoms with Gasteiger partial charge in [-0.15, -0.1) is 0 Å². The molecule has 10 heteroatoms. The molecule has 3 heterocycles. The van der Waals surface area contributed by atoms with Crippen molar-refractivity contribution in [3.8, 4) is 0 Å². The van der Waals surface area contributed by atoms with Crippen molar-refractivity contribution in [2.75, 3.05) is 6.54 Å². The van der Waals surface area contributed by atoms with Gasteiger partial charge in [0.25, 0.3) is 15.9 Å². The predicted octanol–water partition coefficient (Wildman–Crippen LogP) is -0.232. The molecule has 9 nitrogen and oxygen atoms in total. The second-order valence-electron chi connectivity index (χ2n) is 5.21. The first kappa shape index (κ1) is 14.7. The summed E-state index contributed by atoms with van der Waals surface area (Å²) in [6, 6.07) is -0.489. The van der Waals surface area contributed by atoms with Crippen LogP contribution in [-0.4, -0.2) is 44.9 Å². The Balaban J connectivity index is 2.00. The van der Waals surface area contributed by atoms with E-state index < -0.39 is 22.0 Å². The van der Waals surface area contributed by atoms with Crippen molar-refractivity contribution >= 4 is 15.9 Å². The zero-order valence-electron chi connectivity index (χ0n) is 11.9. The van der Waals surface area contributed by atoms with Gasteiger partial charge in [-0.1, -0.05) is 0 Å². The van der Waals surface area contributed by atoms with E-state index in [4.69, 9.17) is 5.73 Å². The number of carbonyl (C=O) groups excluding carboxylic acids is 1. The van der Waals surface area contributed by atoms with Crippen LogP contribution in [0.1, 0.15) is 34.9 Å². The monoisotopic (exact) mass is 324 g/mol. The zero-order chi connectivity index (χ0) is 15.9. The number of primary amides is 1. The van der Waals surface area contributed by atoms with E-state index in [1.165, 1.54) is 23.0 Å². The molecule has 1 amide bonds. The molecule has 1 aliphatic heterocycles. The van der Waals surface area contributed by atoms with Crippen LogP contribution in [0.15, 0.2) is 23.7 Å². The number of carbonyl (C=O) groups is 1. The average molecular weight is 324 g/mol. The fourth-order valence-corrected chi connectivity index (χ4v) is 4.34. The van der Waals surface area contributed by atoms with Crippen LogP contribution in [0.25, 0.3) is 0 Å². The molecule has 3 rings (SSSR count). The quantitative estimate of drug-likeness (QED) is 0.803. The van der Waals surface area contributed by atoms with Crippen molar-refractivity contribution in [3.05, 3.63) is 30.0 Å². The number of nitrogens with zero attached hydrogens (tertiary/aromatic N) is 4. The van der Waals surface area contributed by atoms with Crippen LogP contribution in [0, 0.1) is 0 Å². The van der Waals surface area contributed by atoms with Gasteiger partial charge < -0.3 is 10.3 Å². The fraction of sp³-hybridized carbons (Fsp3) is 0.417. The summed E-state index contributed by atoms with van der Waals surface area (Å²) < 4.78 is 28.4. The highest BCUT2D eigenvalue weighted by molar-refractivity contribution is 7.89. The number of aromatic amines is 1. The minimum absolute atomic E-state index is 0.0120. The molecule has 2 aromatic rings. The molecule has 0 aliphatic carbocycles. The molecule has 22 heavy (non-hydrogen) atoms. The molecule has 2 aromatic heterocycles. The van der Waals surface area contributed by atoms with Gasteiger partial charge in [0, 0.05) is 19.8 Å². The summed E-state index contributed by atoms with van der Waals surface area (Å²) in [7, 11) is -2.03. The third-order valence-electron chi connectivity index (χ3n) is 3.73. The molecule has 3 N–H and O–H groups in total. The van der Waals surface area contributed by atoms with E-state index in [9.17, 15) is 13.2 Å². The molecule has 0 spiro atoms. The molecular formula is C12H16N6O3S. The number of H-pyrrole nitrogens is 1. The van der Waals surface area contributed by atoms with Gasteiger partial charge in [-0.2, -0.15) is 9.40 Å². The number of aryl methyl sites for hydroxylation is 1. The minimum Gasteiger partial charge on any atom is -0.365 e. The second-order valence-corrected chi connectivity index (χ2v) is 7.05. The van der Waals surface area contributed by atoms with Crippen LogP contribution in [0.3, 0.4) is 0 Å². The fourth-order valence-electron chi connectivity index (χ4n) is 2.70. The molecule has 1 fully saturated rings. The van der Waals surface area contributed by atoms with Crippen LogP contribution in [0.4, 0.5) is 0 Å². The summed E-state index contributed by atoms with van der Waals surface area (Å²) >= 11 is 0. The molecule has 1 saturated heterocycles. The Bertz CT molecular complexity index is 808. The molecule has 0 radical (unpaired) electrons. The summed E-state index contributed by atoms with van der Waals surface area (Å²) in [4.78, 5) is 15.4. The van der Waals surface area contributed by atoms with E-state index in [0.29, 0.717) is 25.1 Å². The van der Waals surface area contributed by atoms with Gasteiger partial charge in [0.1, 0.15) is 0 Å². The van der Waals surface area contributed by atoms with Crippen molar-refractivity contribution in [3.63, 3.8) is 0 Å². The van der Waals surface area contributed by atoms with E-state index in [2.05, 4.69) is 15.2 Å². The van der Waals surface area contributed by atoms with Gasteiger partial charge in [-0.3, -0.25) is 9.89 Å². The lowest BCUT2D eigenvalue weighted by Crippen LogP contribution is -2.32. The minimum atomic E-state index is -3.73. The topological polar surface area (TPSA) is 127 Å². The Morgan fingerprint density at radius 3 is 2.91 bits per heavy atom. The molecule has 1 aliphatic rings. The summed E-state index contributed by atoms with van der Waals surface area (Å²) in [5.74, 6) is -0.633. The number of aromatic nitrogens is 4. The standard InChI is InChI=1S/C12H16N6O3S/c1-17-6-10(14-7-17)22(20,21)18-4-2-3-9(18)11-8(12(13)19)5-15-16-11/h5-7,9H,2-4H2,1H3,(H2,13,19)(H,15,16). The Hall–Kier alpha value is -2.20. The first-order valence-electron chi connectivity index (χ1n) is 6.74. The number of hydrogen-bond acceptors (Lipinski definition) is 5. The Morgan fingerprint density at radius 1 is 1.50 bits per heavy atom. The second kappa shape index (κ2) is 5.21. The first-order chi connectivity index (χ1) is 10.4. The summed E-state index contributed by atoms with van der Waals surface area (Å²) in [5, 5.41) is 6.51. The van der Waals surface area contributed by atoms with Crippen molar-refractivity contribution in [1.82, 2.24) is 24.1 Å². The van der Waals surface area contributed by atoms with Crippen LogP contribution in [0.2, 0.25) is 0 Å². The molecule has 0 bridgehead atoms. The van der Waals surface area contributed by atoms with Gasteiger partial charge in [0.2, 0.25) is 0 Å². The van der Waals surface area contributed by atoms with Crippen molar-refractivity contribution in [2.45, 2.75) is 23.9 Å². The van der Waals surface area contributed by atoms with Crippen molar-refractivity contribution in [1.29, 1.82) is 0 Å². The molecule has 0 aromatic carbocycles. The van der Waals surface area contributed by atoms with Crippen LogP contribution >= 0.6 is 0 Å². The van der Waals surface area contributed by atoms with Crippen LogP contribution < -0.4 is 5.73 Å². The molecule has 1 unspecified atom stereocenters. The summed E-state index contributed by atoms with van der Waals surface area (Å²) in [6.45, 7) is 0.362. The maximum Gasteiger partial charge on any atom is 0.262 e. The molecular weight excluding hydrogens is 308 g/mol. The lowest BCUT2D eigenvalue weighted by molar-refractivity contribution is 0.0998. The zero-order valence-corrected chi connectivity index (χ0v) is 12.7. The van der Waals surface area contributed by atoms with E-state index >= 15 is 0 Å². The summed E-state index contributed by atoms with van der Waals surface area (Å²) in [5.41, 5.74) is 5.96. The maximum absolute atomic E-state index is 12.7. The molecule has 118 valence electrons. The Morgan fingerprint density at radius 2 is 2.27 bits per heavy atom. The number of amides is 1. The normalized spacial score (nSPS) is 19.6. The van der Waals surface area contributed by atoms with Crippen LogP contribution in [0.5, 0.6) is 0 Å². The third kappa shape index (κ3) is 2.29. The van der Waals surface area contributed by atoms with Gasteiger partial charge in [-0.05, 0) is 12.8 Å².